The first-order valence-electron chi connectivity index (χ1n) is 7.85. The molecule has 1 aliphatic rings. The molecule has 0 N–H and O–H groups in total. The maximum absolute atomic E-state index is 6.10. The van der Waals surface area contributed by atoms with Crippen LogP contribution in [0.4, 0.5) is 11.5 Å². The monoisotopic (exact) mass is 331 g/mol. The molecule has 3 rings (SSSR count). The summed E-state index contributed by atoms with van der Waals surface area (Å²) in [5.41, 5.74) is 2.31. The quantitative estimate of drug-likeness (QED) is 0.860. The van der Waals surface area contributed by atoms with Gasteiger partial charge in [-0.1, -0.05) is 41.9 Å². The maximum atomic E-state index is 6.10. The number of hydrogen-bond acceptors (Lipinski definition) is 5. The van der Waals surface area contributed by atoms with Crippen LogP contribution in [0, 0.1) is 0 Å². The van der Waals surface area contributed by atoms with E-state index >= 15 is 0 Å². The number of anilines is 2. The molecule has 0 radical (unpaired) electrons. The van der Waals surface area contributed by atoms with E-state index in [-0.39, 0.29) is 0 Å². The van der Waals surface area contributed by atoms with Gasteiger partial charge in [-0.2, -0.15) is 0 Å². The molecular weight excluding hydrogens is 310 g/mol. The van der Waals surface area contributed by atoms with Crippen molar-refractivity contribution in [3.8, 4) is 0 Å². The van der Waals surface area contributed by atoms with Crippen molar-refractivity contribution >= 4 is 23.1 Å². The third kappa shape index (κ3) is 3.92. The summed E-state index contributed by atoms with van der Waals surface area (Å²) in [6.07, 6.45) is 0. The predicted molar refractivity (Wildman–Crippen MR) is 95.3 cm³/mol. The molecule has 1 aromatic carbocycles. The number of halogens is 1. The first-order chi connectivity index (χ1) is 11.1. The summed E-state index contributed by atoms with van der Waals surface area (Å²) < 4.78 is 0. The van der Waals surface area contributed by atoms with Crippen molar-refractivity contribution in [3.05, 3.63) is 47.1 Å². The second-order valence-corrected chi connectivity index (χ2v) is 6.40. The van der Waals surface area contributed by atoms with Crippen LogP contribution in [-0.4, -0.2) is 55.4 Å². The molecule has 0 atom stereocenters. The van der Waals surface area contributed by atoms with Gasteiger partial charge in [-0.05, 0) is 12.6 Å². The zero-order valence-corrected chi connectivity index (χ0v) is 14.4. The maximum Gasteiger partial charge on any atom is 0.175 e. The summed E-state index contributed by atoms with van der Waals surface area (Å²) in [7, 11) is 4.20. The number of benzene rings is 1. The fourth-order valence-corrected chi connectivity index (χ4v) is 2.98. The van der Waals surface area contributed by atoms with Crippen LogP contribution in [0.3, 0.4) is 0 Å². The lowest BCUT2D eigenvalue weighted by molar-refractivity contribution is 0.313. The highest BCUT2D eigenvalue weighted by atomic mass is 35.5. The van der Waals surface area contributed by atoms with E-state index in [4.69, 9.17) is 11.6 Å². The lowest BCUT2D eigenvalue weighted by atomic mass is 10.2. The second-order valence-electron chi connectivity index (χ2n) is 6.01. The molecule has 6 heteroatoms. The molecular formula is C17H22ClN5. The molecule has 2 aromatic rings. The number of nitrogens with zero attached hydrogens (tertiary/aromatic N) is 5. The van der Waals surface area contributed by atoms with E-state index in [1.54, 1.807) is 0 Å². The van der Waals surface area contributed by atoms with Crippen molar-refractivity contribution in [2.24, 2.45) is 0 Å². The normalized spacial score (nSPS) is 15.7. The number of piperazine rings is 1. The lowest BCUT2D eigenvalue weighted by Gasteiger charge is -2.35. The van der Waals surface area contributed by atoms with E-state index in [0.29, 0.717) is 5.15 Å². The van der Waals surface area contributed by atoms with E-state index in [1.165, 1.54) is 5.56 Å². The first kappa shape index (κ1) is 16.0. The van der Waals surface area contributed by atoms with Gasteiger partial charge in [0, 0.05) is 45.8 Å². The Labute approximate surface area is 142 Å². The minimum absolute atomic E-state index is 0.441. The molecule has 1 aliphatic heterocycles. The zero-order valence-electron chi connectivity index (χ0n) is 13.6. The van der Waals surface area contributed by atoms with Crippen molar-refractivity contribution < 1.29 is 0 Å². The Morgan fingerprint density at radius 1 is 1.09 bits per heavy atom. The summed E-state index contributed by atoms with van der Waals surface area (Å²) >= 11 is 6.10. The highest BCUT2D eigenvalue weighted by Crippen LogP contribution is 2.29. The van der Waals surface area contributed by atoms with Gasteiger partial charge in [-0.3, -0.25) is 0 Å². The van der Waals surface area contributed by atoms with Crippen molar-refractivity contribution in [2.75, 3.05) is 50.1 Å². The fourth-order valence-electron chi connectivity index (χ4n) is 2.84. The van der Waals surface area contributed by atoms with Crippen LogP contribution in [0.15, 0.2) is 36.4 Å². The lowest BCUT2D eigenvalue weighted by Crippen LogP contribution is -2.45. The minimum Gasteiger partial charge on any atom is -0.366 e. The Hall–Kier alpha value is -1.85. The molecule has 0 spiro atoms. The molecule has 2 heterocycles. The summed E-state index contributed by atoms with van der Waals surface area (Å²) in [6.45, 7) is 4.83. The van der Waals surface area contributed by atoms with E-state index < -0.39 is 0 Å². The topological polar surface area (TPSA) is 35.5 Å². The molecule has 0 aliphatic carbocycles. The molecule has 0 bridgehead atoms. The van der Waals surface area contributed by atoms with Gasteiger partial charge in [0.05, 0.1) is 5.69 Å². The smallest absolute Gasteiger partial charge is 0.175 e. The number of hydrogen-bond donors (Lipinski definition) is 0. The number of likely N-dealkylation sites (N-methyl/N-ethyl adjacent to an activating group) is 1. The summed E-state index contributed by atoms with van der Waals surface area (Å²) in [5, 5.41) is 8.85. The van der Waals surface area contributed by atoms with Crippen LogP contribution in [0.2, 0.25) is 5.15 Å². The van der Waals surface area contributed by atoms with Gasteiger partial charge >= 0.3 is 0 Å². The molecule has 1 aromatic heterocycles. The van der Waals surface area contributed by atoms with Crippen molar-refractivity contribution in [2.45, 2.75) is 6.54 Å². The van der Waals surface area contributed by atoms with Crippen molar-refractivity contribution in [1.82, 2.24) is 15.1 Å². The zero-order chi connectivity index (χ0) is 16.2. The summed E-state index contributed by atoms with van der Waals surface area (Å²) in [5.74, 6) is 0.878. The predicted octanol–water partition coefficient (Wildman–Crippen LogP) is 2.52. The van der Waals surface area contributed by atoms with Gasteiger partial charge in [-0.15, -0.1) is 10.2 Å². The van der Waals surface area contributed by atoms with Crippen LogP contribution < -0.4 is 9.80 Å². The number of rotatable bonds is 4. The van der Waals surface area contributed by atoms with Crippen molar-refractivity contribution in [3.63, 3.8) is 0 Å². The standard InChI is InChI=1S/C17H22ClN5/c1-21-8-10-23(11-9-21)15-12-16(18)19-20-17(15)22(2)13-14-6-4-3-5-7-14/h3-7,12H,8-11,13H2,1-2H3. The third-order valence-electron chi connectivity index (χ3n) is 4.19. The molecule has 1 saturated heterocycles. The van der Waals surface area contributed by atoms with Crippen LogP contribution in [0.5, 0.6) is 0 Å². The highest BCUT2D eigenvalue weighted by Gasteiger charge is 2.21. The minimum atomic E-state index is 0.441. The average molecular weight is 332 g/mol. The van der Waals surface area contributed by atoms with Gasteiger partial charge in [0.25, 0.3) is 0 Å². The van der Waals surface area contributed by atoms with Gasteiger partial charge in [0.1, 0.15) is 0 Å². The van der Waals surface area contributed by atoms with Gasteiger partial charge in [0.15, 0.2) is 11.0 Å². The SMILES string of the molecule is CN1CCN(c2cc(Cl)nnc2N(C)Cc2ccccc2)CC1. The Morgan fingerprint density at radius 2 is 1.78 bits per heavy atom. The first-order valence-corrected chi connectivity index (χ1v) is 8.23. The highest BCUT2D eigenvalue weighted by molar-refractivity contribution is 6.29. The Balaban J connectivity index is 1.83. The van der Waals surface area contributed by atoms with Gasteiger partial charge < -0.3 is 14.7 Å². The van der Waals surface area contributed by atoms with E-state index in [0.717, 1.165) is 44.2 Å². The molecule has 122 valence electrons. The Morgan fingerprint density at radius 3 is 2.48 bits per heavy atom. The van der Waals surface area contributed by atoms with Gasteiger partial charge in [0.2, 0.25) is 0 Å². The van der Waals surface area contributed by atoms with Gasteiger partial charge in [-0.25, -0.2) is 0 Å². The third-order valence-corrected chi connectivity index (χ3v) is 4.38. The van der Waals surface area contributed by atoms with Crippen LogP contribution in [0.25, 0.3) is 0 Å². The molecule has 23 heavy (non-hydrogen) atoms. The molecule has 5 nitrogen and oxygen atoms in total. The number of aromatic nitrogens is 2. The van der Waals surface area contributed by atoms with E-state index in [1.807, 2.05) is 19.2 Å². The van der Waals surface area contributed by atoms with E-state index in [2.05, 4.69) is 56.2 Å². The van der Waals surface area contributed by atoms with Crippen LogP contribution >= 0.6 is 11.6 Å². The van der Waals surface area contributed by atoms with E-state index in [9.17, 15) is 0 Å². The molecule has 1 fully saturated rings. The average Bonchev–Trinajstić information content (AvgIpc) is 2.56. The van der Waals surface area contributed by atoms with Crippen LogP contribution in [-0.2, 0) is 6.54 Å². The van der Waals surface area contributed by atoms with Crippen molar-refractivity contribution in [1.29, 1.82) is 0 Å². The summed E-state index contributed by atoms with van der Waals surface area (Å²) in [6, 6.07) is 12.3. The van der Waals surface area contributed by atoms with Crippen LogP contribution in [0.1, 0.15) is 5.56 Å². The largest absolute Gasteiger partial charge is 0.366 e. The molecule has 0 unspecified atom stereocenters. The summed E-state index contributed by atoms with van der Waals surface area (Å²) in [4.78, 5) is 6.81. The Kier molecular flexibility index (Phi) is 4.98. The fraction of sp³-hybridized carbons (Fsp3) is 0.412. The molecule has 0 saturated carbocycles. The second kappa shape index (κ2) is 7.15. The Bertz CT molecular complexity index is 641. The molecule has 0 amide bonds.